The van der Waals surface area contributed by atoms with Crippen LogP contribution in [0.1, 0.15) is 22.3 Å². The number of halogens is 2. The molecule has 0 bridgehead atoms. The minimum absolute atomic E-state index is 0.295. The van der Waals surface area contributed by atoms with E-state index < -0.39 is 0 Å². The minimum atomic E-state index is -0.295. The van der Waals surface area contributed by atoms with E-state index in [1.54, 1.807) is 0 Å². The van der Waals surface area contributed by atoms with Gasteiger partial charge in [-0.3, -0.25) is 0 Å². The summed E-state index contributed by atoms with van der Waals surface area (Å²) in [5.74, 6) is -0.590. The normalized spacial score (nSPS) is 11.5. The molecule has 0 unspecified atom stereocenters. The highest BCUT2D eigenvalue weighted by Crippen LogP contribution is 2.49. The molecule has 0 aliphatic rings. The molecule has 0 saturated heterocycles. The second kappa shape index (κ2) is 18.1. The smallest absolute Gasteiger partial charge is 0.123 e. The summed E-state index contributed by atoms with van der Waals surface area (Å²) in [5.41, 5.74) is 19.0. The van der Waals surface area contributed by atoms with Gasteiger partial charge in [-0.1, -0.05) is 156 Å². The molecule has 0 aliphatic carbocycles. The van der Waals surface area contributed by atoms with Crippen LogP contribution in [0.5, 0.6) is 0 Å². The van der Waals surface area contributed by atoms with Crippen LogP contribution in [0.25, 0.3) is 76.8 Å². The summed E-state index contributed by atoms with van der Waals surface area (Å²) in [5, 5.41) is 6.57. The van der Waals surface area contributed by atoms with Gasteiger partial charge in [0, 0.05) is 33.5 Å². The van der Waals surface area contributed by atoms with E-state index in [0.29, 0.717) is 0 Å². The van der Waals surface area contributed by atoms with Gasteiger partial charge in [0.2, 0.25) is 0 Å². The lowest BCUT2D eigenvalue weighted by Gasteiger charge is -2.30. The summed E-state index contributed by atoms with van der Waals surface area (Å²) in [6.45, 7) is 8.44. The van der Waals surface area contributed by atoms with Gasteiger partial charge in [-0.15, -0.1) is 0 Å². The maximum atomic E-state index is 14.9. The molecular formula is C68H50F2N2. The summed E-state index contributed by atoms with van der Waals surface area (Å²) in [7, 11) is 0. The number of nitrogens with zero attached hydrogens (tertiary/aromatic N) is 2. The Balaban J connectivity index is 1.10. The molecule has 0 aromatic heterocycles. The van der Waals surface area contributed by atoms with E-state index in [1.807, 2.05) is 24.3 Å². The Bertz CT molecular complexity index is 3550. The van der Waals surface area contributed by atoms with Crippen LogP contribution in [0.15, 0.2) is 231 Å². The molecule has 12 rings (SSSR count). The molecular weight excluding hydrogens is 883 g/mol. The molecule has 346 valence electrons. The Morgan fingerprint density at radius 1 is 0.250 bits per heavy atom. The van der Waals surface area contributed by atoms with Crippen molar-refractivity contribution in [2.45, 2.75) is 27.7 Å². The van der Waals surface area contributed by atoms with Gasteiger partial charge in [0.15, 0.2) is 0 Å². The van der Waals surface area contributed by atoms with Crippen molar-refractivity contribution >= 4 is 66.4 Å². The Morgan fingerprint density at radius 3 is 0.819 bits per heavy atom. The summed E-state index contributed by atoms with van der Waals surface area (Å²) in [6.07, 6.45) is 0. The average molecular weight is 933 g/mol. The van der Waals surface area contributed by atoms with Gasteiger partial charge in [0.05, 0.1) is 11.4 Å². The zero-order valence-electron chi connectivity index (χ0n) is 40.6. The van der Waals surface area contributed by atoms with Gasteiger partial charge in [0.25, 0.3) is 0 Å². The van der Waals surface area contributed by atoms with E-state index >= 15 is 0 Å². The van der Waals surface area contributed by atoms with Gasteiger partial charge in [0.1, 0.15) is 11.6 Å². The molecule has 0 radical (unpaired) electrons. The third-order valence-corrected chi connectivity index (χ3v) is 14.2. The molecule has 0 spiro atoms. The maximum Gasteiger partial charge on any atom is 0.123 e. The van der Waals surface area contributed by atoms with Crippen molar-refractivity contribution in [2.75, 3.05) is 9.80 Å². The van der Waals surface area contributed by atoms with Crippen molar-refractivity contribution in [3.8, 4) is 44.5 Å². The predicted octanol–water partition coefficient (Wildman–Crippen LogP) is 19.7. The van der Waals surface area contributed by atoms with Crippen molar-refractivity contribution in [3.63, 3.8) is 0 Å². The highest BCUT2D eigenvalue weighted by molar-refractivity contribution is 6.28. The fourth-order valence-corrected chi connectivity index (χ4v) is 10.3. The first kappa shape index (κ1) is 44.4. The number of hydrogen-bond donors (Lipinski definition) is 0. The van der Waals surface area contributed by atoms with E-state index in [-0.39, 0.29) is 11.6 Å². The van der Waals surface area contributed by atoms with Crippen molar-refractivity contribution in [3.05, 3.63) is 264 Å². The van der Waals surface area contributed by atoms with E-state index in [2.05, 4.69) is 219 Å². The fourth-order valence-electron chi connectivity index (χ4n) is 10.3. The first-order valence-corrected chi connectivity index (χ1v) is 24.5. The third-order valence-electron chi connectivity index (χ3n) is 14.2. The largest absolute Gasteiger partial charge is 0.310 e. The molecule has 0 aliphatic heterocycles. The lowest BCUT2D eigenvalue weighted by Crippen LogP contribution is -2.12. The number of rotatable bonds is 10. The van der Waals surface area contributed by atoms with Crippen molar-refractivity contribution in [1.82, 2.24) is 0 Å². The molecule has 12 aromatic rings. The van der Waals surface area contributed by atoms with Crippen LogP contribution in [0.2, 0.25) is 0 Å². The molecule has 0 atom stereocenters. The molecule has 2 nitrogen and oxygen atoms in total. The summed E-state index contributed by atoms with van der Waals surface area (Å²) >= 11 is 0. The van der Waals surface area contributed by atoms with Crippen molar-refractivity contribution in [1.29, 1.82) is 0 Å². The molecule has 0 fully saturated rings. The lowest BCUT2D eigenvalue weighted by atomic mass is 9.91. The molecule has 72 heavy (non-hydrogen) atoms. The second-order valence-electron chi connectivity index (χ2n) is 19.2. The van der Waals surface area contributed by atoms with Crippen molar-refractivity contribution in [2.24, 2.45) is 0 Å². The SMILES string of the molecule is Cc1ccc(-c2cc(-c3ccc(C)cc3)cc(N(c3ccc(F)cc3)c3ccc4ccc5c(N(c6ccc(F)cc6)c6cc(-c7ccc(C)cc7)cc(-c7ccc(C)cc7)c6)ccc6ccc3c4c65)c2)cc1. The topological polar surface area (TPSA) is 6.48 Å². The van der Waals surface area contributed by atoms with E-state index in [1.165, 1.54) is 46.5 Å². The highest BCUT2D eigenvalue weighted by atomic mass is 19.1. The standard InChI is InChI=1S/C68H50F2N2/c1-43-5-13-47(14-6-43)53-37-54(48-15-7-44(2)8-16-48)40-61(39-53)71(59-29-25-57(69)26-30-59)65-35-23-51-22-34-64-66(36-24-52-21-33-63(65)67(51)68(52)64)72(60-31-27-58(70)28-32-60)62-41-55(49-17-9-45(3)10-18-49)38-56(42-62)50-19-11-46(4)12-20-50/h5-42H,1-4H3. The molecule has 4 heteroatoms. The van der Waals surface area contributed by atoms with Gasteiger partial charge in [-0.05, 0) is 191 Å². The number of benzene rings is 12. The van der Waals surface area contributed by atoms with Crippen LogP contribution in [0, 0.1) is 39.3 Å². The lowest BCUT2D eigenvalue weighted by molar-refractivity contribution is 0.627. The number of hydrogen-bond acceptors (Lipinski definition) is 2. The van der Waals surface area contributed by atoms with Crippen LogP contribution >= 0.6 is 0 Å². The molecule has 0 N–H and O–H groups in total. The van der Waals surface area contributed by atoms with Crippen LogP contribution in [-0.2, 0) is 0 Å². The highest BCUT2D eigenvalue weighted by Gasteiger charge is 2.24. The Kier molecular flexibility index (Phi) is 11.2. The Labute approximate surface area is 419 Å². The van der Waals surface area contributed by atoms with Gasteiger partial charge in [-0.2, -0.15) is 0 Å². The molecule has 0 heterocycles. The minimum Gasteiger partial charge on any atom is -0.310 e. The van der Waals surface area contributed by atoms with Crippen LogP contribution in [0.3, 0.4) is 0 Å². The summed E-state index contributed by atoms with van der Waals surface area (Å²) in [4.78, 5) is 4.55. The molecule has 0 saturated carbocycles. The quantitative estimate of drug-likeness (QED) is 0.126. The molecule has 0 amide bonds. The van der Waals surface area contributed by atoms with Crippen molar-refractivity contribution < 1.29 is 8.78 Å². The predicted molar refractivity (Wildman–Crippen MR) is 300 cm³/mol. The van der Waals surface area contributed by atoms with Gasteiger partial charge in [-0.25, -0.2) is 8.78 Å². The zero-order valence-corrected chi connectivity index (χ0v) is 40.6. The van der Waals surface area contributed by atoms with E-state index in [4.69, 9.17) is 0 Å². The van der Waals surface area contributed by atoms with E-state index in [9.17, 15) is 8.78 Å². The van der Waals surface area contributed by atoms with Crippen LogP contribution in [0.4, 0.5) is 42.9 Å². The average Bonchev–Trinajstić information content (AvgIpc) is 3.40. The monoisotopic (exact) mass is 932 g/mol. The summed E-state index contributed by atoms with van der Waals surface area (Å²) < 4.78 is 29.8. The summed E-state index contributed by atoms with van der Waals surface area (Å²) in [6, 6.07) is 79.5. The van der Waals surface area contributed by atoms with Crippen LogP contribution < -0.4 is 9.80 Å². The third kappa shape index (κ3) is 8.31. The van der Waals surface area contributed by atoms with Gasteiger partial charge < -0.3 is 9.80 Å². The Morgan fingerprint density at radius 2 is 0.528 bits per heavy atom. The molecule has 12 aromatic carbocycles. The Hall–Kier alpha value is -8.86. The van der Waals surface area contributed by atoms with Gasteiger partial charge >= 0.3 is 0 Å². The number of anilines is 6. The van der Waals surface area contributed by atoms with Crippen LogP contribution in [-0.4, -0.2) is 0 Å². The maximum absolute atomic E-state index is 14.9. The second-order valence-corrected chi connectivity index (χ2v) is 19.2. The van der Waals surface area contributed by atoms with E-state index in [0.717, 1.165) is 111 Å². The first-order valence-electron chi connectivity index (χ1n) is 24.5. The first-order chi connectivity index (χ1) is 35.1. The number of aryl methyl sites for hydroxylation is 4. The zero-order chi connectivity index (χ0) is 49.0. The fraction of sp³-hybridized carbons (Fsp3) is 0.0588.